The summed E-state index contributed by atoms with van der Waals surface area (Å²) in [5.74, 6) is 0.808. The monoisotopic (exact) mass is 378 g/mol. The Morgan fingerprint density at radius 3 is 2.60 bits per heavy atom. The van der Waals surface area contributed by atoms with Crippen LogP contribution >= 0.6 is 11.3 Å². The number of fused-ring (bicyclic) bond motifs is 3. The second-order valence-corrected chi connectivity index (χ2v) is 9.24. The lowest BCUT2D eigenvalue weighted by Crippen LogP contribution is -2.50. The van der Waals surface area contributed by atoms with Gasteiger partial charge in [-0.15, -0.1) is 11.3 Å². The third-order valence-corrected chi connectivity index (χ3v) is 7.03. The minimum Gasteiger partial charge on any atom is -0.488 e. The average molecular weight is 378 g/mol. The number of amides is 1. The fourth-order valence-corrected chi connectivity index (χ4v) is 5.18. The summed E-state index contributed by atoms with van der Waals surface area (Å²) in [4.78, 5) is 16.3. The number of ether oxygens (including phenoxy) is 1. The zero-order chi connectivity index (χ0) is 17.6. The molecule has 8 heteroatoms. The molecule has 0 N–H and O–H groups in total. The molecule has 0 atom stereocenters. The number of carbonyl (C=O) groups is 1. The molecule has 0 spiro atoms. The van der Waals surface area contributed by atoms with Crippen molar-refractivity contribution >= 4 is 27.3 Å². The van der Waals surface area contributed by atoms with Gasteiger partial charge in [0, 0.05) is 42.2 Å². The van der Waals surface area contributed by atoms with E-state index in [1.54, 1.807) is 4.90 Å². The Labute approximate surface area is 150 Å². The SMILES string of the molecule is CS(=O)(=O)N1CCN(C(=O)c2cc3c(s2)-c2ccccc2OC3)CC1. The highest BCUT2D eigenvalue weighted by Crippen LogP contribution is 2.42. The molecule has 0 radical (unpaired) electrons. The second kappa shape index (κ2) is 6.12. The van der Waals surface area contributed by atoms with Crippen LogP contribution in [0.2, 0.25) is 0 Å². The van der Waals surface area contributed by atoms with E-state index in [0.717, 1.165) is 21.8 Å². The van der Waals surface area contributed by atoms with E-state index >= 15 is 0 Å². The summed E-state index contributed by atoms with van der Waals surface area (Å²) in [6, 6.07) is 9.74. The molecule has 2 aliphatic heterocycles. The predicted octanol–water partition coefficient (Wildman–Crippen LogP) is 2.02. The lowest BCUT2D eigenvalue weighted by Gasteiger charge is -2.33. The van der Waals surface area contributed by atoms with Gasteiger partial charge in [-0.1, -0.05) is 12.1 Å². The molecule has 1 aromatic carbocycles. The van der Waals surface area contributed by atoms with E-state index in [9.17, 15) is 13.2 Å². The van der Waals surface area contributed by atoms with Crippen molar-refractivity contribution in [2.75, 3.05) is 32.4 Å². The van der Waals surface area contributed by atoms with E-state index in [-0.39, 0.29) is 5.91 Å². The highest BCUT2D eigenvalue weighted by molar-refractivity contribution is 7.88. The van der Waals surface area contributed by atoms with Crippen molar-refractivity contribution in [1.29, 1.82) is 0 Å². The molecule has 0 unspecified atom stereocenters. The van der Waals surface area contributed by atoms with Crippen molar-refractivity contribution < 1.29 is 17.9 Å². The van der Waals surface area contributed by atoms with Crippen molar-refractivity contribution in [3.8, 4) is 16.2 Å². The van der Waals surface area contributed by atoms with Crippen LogP contribution in [0.4, 0.5) is 0 Å². The quantitative estimate of drug-likeness (QED) is 0.802. The molecule has 2 aliphatic rings. The first-order valence-corrected chi connectivity index (χ1v) is 10.7. The topological polar surface area (TPSA) is 66.9 Å². The maximum atomic E-state index is 12.8. The number of rotatable bonds is 2. The molecule has 6 nitrogen and oxygen atoms in total. The van der Waals surface area contributed by atoms with Crippen LogP contribution < -0.4 is 4.74 Å². The van der Waals surface area contributed by atoms with E-state index < -0.39 is 10.0 Å². The Morgan fingerprint density at radius 1 is 1.16 bits per heavy atom. The van der Waals surface area contributed by atoms with Crippen molar-refractivity contribution in [1.82, 2.24) is 9.21 Å². The summed E-state index contributed by atoms with van der Waals surface area (Å²) in [5.41, 5.74) is 2.05. The molecular formula is C17H18N2O4S2. The number of para-hydroxylation sites is 1. The number of hydrogen-bond acceptors (Lipinski definition) is 5. The maximum Gasteiger partial charge on any atom is 0.264 e. The number of piperazine rings is 1. The summed E-state index contributed by atoms with van der Waals surface area (Å²) >= 11 is 1.48. The van der Waals surface area contributed by atoms with E-state index in [1.807, 2.05) is 30.3 Å². The number of nitrogens with zero attached hydrogens (tertiary/aromatic N) is 2. The lowest BCUT2D eigenvalue weighted by molar-refractivity contribution is 0.0703. The molecule has 0 aliphatic carbocycles. The molecular weight excluding hydrogens is 360 g/mol. The summed E-state index contributed by atoms with van der Waals surface area (Å²) in [7, 11) is -3.19. The summed E-state index contributed by atoms with van der Waals surface area (Å²) in [6.07, 6.45) is 1.20. The standard InChI is InChI=1S/C17H18N2O4S2/c1-25(21,22)19-8-6-18(7-9-19)17(20)15-10-12-11-23-14-5-3-2-4-13(14)16(12)24-15/h2-5,10H,6-9,11H2,1H3. The van der Waals surface area contributed by atoms with Gasteiger partial charge in [-0.2, -0.15) is 4.31 Å². The van der Waals surface area contributed by atoms with Gasteiger partial charge in [-0.05, 0) is 18.2 Å². The summed E-state index contributed by atoms with van der Waals surface area (Å²) in [6.45, 7) is 2.00. The molecule has 4 rings (SSSR count). The molecule has 3 heterocycles. The van der Waals surface area contributed by atoms with Gasteiger partial charge in [0.2, 0.25) is 10.0 Å². The van der Waals surface area contributed by atoms with E-state index in [1.165, 1.54) is 21.9 Å². The van der Waals surface area contributed by atoms with Crippen molar-refractivity contribution in [3.63, 3.8) is 0 Å². The van der Waals surface area contributed by atoms with Gasteiger partial charge >= 0.3 is 0 Å². The van der Waals surface area contributed by atoms with Crippen LogP contribution in [0.15, 0.2) is 30.3 Å². The molecule has 0 bridgehead atoms. The molecule has 2 aromatic rings. The van der Waals surface area contributed by atoms with Gasteiger partial charge in [0.25, 0.3) is 5.91 Å². The first-order chi connectivity index (χ1) is 11.9. The largest absolute Gasteiger partial charge is 0.488 e. The van der Waals surface area contributed by atoms with Gasteiger partial charge in [0.05, 0.1) is 11.1 Å². The number of sulfonamides is 1. The molecule has 0 saturated carbocycles. The van der Waals surface area contributed by atoms with Gasteiger partial charge in [0.15, 0.2) is 0 Å². The minimum atomic E-state index is -3.19. The van der Waals surface area contributed by atoms with Crippen LogP contribution in [-0.2, 0) is 16.6 Å². The summed E-state index contributed by atoms with van der Waals surface area (Å²) < 4.78 is 30.4. The maximum absolute atomic E-state index is 12.8. The van der Waals surface area contributed by atoms with Gasteiger partial charge < -0.3 is 9.64 Å². The van der Waals surface area contributed by atoms with Crippen molar-refractivity contribution in [3.05, 3.63) is 40.8 Å². The van der Waals surface area contributed by atoms with Crippen LogP contribution in [0, 0.1) is 0 Å². The van der Waals surface area contributed by atoms with Crippen LogP contribution in [0.5, 0.6) is 5.75 Å². The summed E-state index contributed by atoms with van der Waals surface area (Å²) in [5, 5.41) is 0. The fourth-order valence-electron chi connectivity index (χ4n) is 3.18. The number of benzene rings is 1. The van der Waals surface area contributed by atoms with E-state index in [4.69, 9.17) is 4.74 Å². The molecule has 1 saturated heterocycles. The Balaban J connectivity index is 1.55. The molecule has 1 fully saturated rings. The number of carbonyl (C=O) groups excluding carboxylic acids is 1. The molecule has 25 heavy (non-hydrogen) atoms. The normalized spacial score (nSPS) is 17.6. The van der Waals surface area contributed by atoms with Crippen LogP contribution in [0.1, 0.15) is 15.2 Å². The zero-order valence-electron chi connectivity index (χ0n) is 13.8. The first kappa shape index (κ1) is 16.6. The van der Waals surface area contributed by atoms with Crippen LogP contribution in [0.25, 0.3) is 10.4 Å². The van der Waals surface area contributed by atoms with Crippen molar-refractivity contribution in [2.45, 2.75) is 6.61 Å². The molecule has 1 aromatic heterocycles. The predicted molar refractivity (Wildman–Crippen MR) is 96.4 cm³/mol. The van der Waals surface area contributed by atoms with Gasteiger partial charge in [-0.25, -0.2) is 8.42 Å². The third-order valence-electron chi connectivity index (χ3n) is 4.53. The Kier molecular flexibility index (Phi) is 4.05. The lowest BCUT2D eigenvalue weighted by atomic mass is 10.1. The highest BCUT2D eigenvalue weighted by Gasteiger charge is 2.29. The van der Waals surface area contributed by atoms with E-state index in [2.05, 4.69) is 0 Å². The Bertz CT molecular complexity index is 928. The third kappa shape index (κ3) is 3.05. The van der Waals surface area contributed by atoms with Gasteiger partial charge in [-0.3, -0.25) is 4.79 Å². The van der Waals surface area contributed by atoms with Crippen LogP contribution in [-0.4, -0.2) is 56.0 Å². The molecule has 132 valence electrons. The van der Waals surface area contributed by atoms with Crippen LogP contribution in [0.3, 0.4) is 0 Å². The Hall–Kier alpha value is -1.90. The smallest absolute Gasteiger partial charge is 0.264 e. The van der Waals surface area contributed by atoms with E-state index in [0.29, 0.717) is 37.7 Å². The minimum absolute atomic E-state index is 0.0370. The number of thiophene rings is 1. The average Bonchev–Trinajstić information content (AvgIpc) is 3.05. The second-order valence-electron chi connectivity index (χ2n) is 6.20. The Morgan fingerprint density at radius 2 is 1.88 bits per heavy atom. The highest BCUT2D eigenvalue weighted by atomic mass is 32.2. The van der Waals surface area contributed by atoms with Gasteiger partial charge in [0.1, 0.15) is 12.4 Å². The van der Waals surface area contributed by atoms with Crippen molar-refractivity contribution in [2.24, 2.45) is 0 Å². The molecule has 1 amide bonds. The zero-order valence-corrected chi connectivity index (χ0v) is 15.4. The fraction of sp³-hybridized carbons (Fsp3) is 0.353. The first-order valence-electron chi connectivity index (χ1n) is 8.03. The number of hydrogen-bond donors (Lipinski definition) is 0.